The van der Waals surface area contributed by atoms with Gasteiger partial charge in [-0.25, -0.2) is 4.98 Å². The summed E-state index contributed by atoms with van der Waals surface area (Å²) >= 11 is 0. The molecule has 0 amide bonds. The summed E-state index contributed by atoms with van der Waals surface area (Å²) in [5.74, 6) is 0. The Hall–Kier alpha value is -6.25. The maximum atomic E-state index is 4.83. The molecule has 0 aliphatic heterocycles. The van der Waals surface area contributed by atoms with Gasteiger partial charge in [-0.3, -0.25) is 0 Å². The Balaban J connectivity index is 1.14. The average Bonchev–Trinajstić information content (AvgIpc) is 3.82. The Morgan fingerprint density at radius 2 is 1.15 bits per heavy atom. The van der Waals surface area contributed by atoms with Crippen LogP contribution in [-0.4, -0.2) is 9.38 Å². The molecule has 2 heterocycles. The van der Waals surface area contributed by atoms with E-state index in [1.54, 1.807) is 0 Å². The number of aromatic nitrogens is 2. The van der Waals surface area contributed by atoms with Crippen LogP contribution in [-0.2, 0) is 5.41 Å². The molecule has 0 atom stereocenters. The minimum atomic E-state index is -0.390. The van der Waals surface area contributed by atoms with Gasteiger partial charge in [-0.2, -0.15) is 0 Å². The van der Waals surface area contributed by atoms with Crippen LogP contribution < -0.4 is 0 Å². The lowest BCUT2D eigenvalue weighted by molar-refractivity contribution is 0.802. The second kappa shape index (κ2) is 9.40. The molecule has 222 valence electrons. The molecule has 2 aliphatic rings. The van der Waals surface area contributed by atoms with E-state index >= 15 is 0 Å². The van der Waals surface area contributed by atoms with Crippen molar-refractivity contribution in [1.29, 1.82) is 0 Å². The molecule has 0 N–H and O–H groups in total. The van der Waals surface area contributed by atoms with Crippen molar-refractivity contribution in [3.05, 3.63) is 192 Å². The normalized spacial score (nSPS) is 13.6. The fraction of sp³-hybridized carbons (Fsp3) is 0.0217. The van der Waals surface area contributed by atoms with Crippen molar-refractivity contribution in [3.63, 3.8) is 0 Å². The van der Waals surface area contributed by atoms with Crippen molar-refractivity contribution in [2.45, 2.75) is 5.41 Å². The van der Waals surface area contributed by atoms with Crippen molar-refractivity contribution in [1.82, 2.24) is 9.38 Å². The van der Waals surface area contributed by atoms with Gasteiger partial charge in [0.2, 0.25) is 0 Å². The first-order valence-corrected chi connectivity index (χ1v) is 16.6. The van der Waals surface area contributed by atoms with Gasteiger partial charge >= 0.3 is 0 Å². The molecule has 2 heteroatoms. The number of hydrogen-bond acceptors (Lipinski definition) is 1. The standard InChI is InChI=1S/C46H28N2/c1-2-10-34-30(9-1)22-25-41-44(34)38-24-21-33-27-32(29-16-18-31(19-17-29)42-28-48-26-8-7-15-43(48)47-42)20-23-35(33)45(38)46(41)39-13-5-3-11-36(39)37-12-4-6-14-40(37)46/h1-28H. The molecule has 9 aromatic rings. The van der Waals surface area contributed by atoms with E-state index in [0.29, 0.717) is 0 Å². The van der Waals surface area contributed by atoms with Gasteiger partial charge in [-0.05, 0) is 95.4 Å². The van der Waals surface area contributed by atoms with Gasteiger partial charge in [0, 0.05) is 18.0 Å². The van der Waals surface area contributed by atoms with Crippen LogP contribution in [0, 0.1) is 0 Å². The Morgan fingerprint density at radius 3 is 1.96 bits per heavy atom. The fourth-order valence-electron chi connectivity index (χ4n) is 8.83. The van der Waals surface area contributed by atoms with Crippen LogP contribution in [0.4, 0.5) is 0 Å². The summed E-state index contributed by atoms with van der Waals surface area (Å²) < 4.78 is 2.07. The number of pyridine rings is 1. The average molecular weight is 609 g/mol. The van der Waals surface area contributed by atoms with Crippen LogP contribution >= 0.6 is 0 Å². The molecule has 0 radical (unpaired) electrons. The third-order valence-electron chi connectivity index (χ3n) is 10.8. The summed E-state index contributed by atoms with van der Waals surface area (Å²) in [7, 11) is 0. The fourth-order valence-corrected chi connectivity index (χ4v) is 8.83. The summed E-state index contributed by atoms with van der Waals surface area (Å²) in [6, 6.07) is 58.4. The molecule has 0 unspecified atom stereocenters. The van der Waals surface area contributed by atoms with E-state index in [1.807, 2.05) is 24.4 Å². The highest BCUT2D eigenvalue weighted by Gasteiger charge is 2.52. The first kappa shape index (κ1) is 25.9. The smallest absolute Gasteiger partial charge is 0.137 e. The van der Waals surface area contributed by atoms with Crippen molar-refractivity contribution < 1.29 is 0 Å². The zero-order chi connectivity index (χ0) is 31.4. The van der Waals surface area contributed by atoms with Crippen LogP contribution in [0.5, 0.6) is 0 Å². The summed E-state index contributed by atoms with van der Waals surface area (Å²) in [6.07, 6.45) is 4.14. The highest BCUT2D eigenvalue weighted by atomic mass is 15.0. The maximum absolute atomic E-state index is 4.83. The first-order chi connectivity index (χ1) is 23.8. The predicted octanol–water partition coefficient (Wildman–Crippen LogP) is 11.3. The summed E-state index contributed by atoms with van der Waals surface area (Å²) in [5.41, 5.74) is 16.0. The highest BCUT2D eigenvalue weighted by Crippen LogP contribution is 2.65. The first-order valence-electron chi connectivity index (χ1n) is 16.6. The van der Waals surface area contributed by atoms with Crippen LogP contribution in [0.3, 0.4) is 0 Å². The van der Waals surface area contributed by atoms with Crippen molar-refractivity contribution in [2.24, 2.45) is 0 Å². The second-order valence-corrected chi connectivity index (χ2v) is 13.1. The molecule has 0 saturated carbocycles. The third-order valence-corrected chi connectivity index (χ3v) is 10.8. The Morgan fingerprint density at radius 1 is 0.458 bits per heavy atom. The summed E-state index contributed by atoms with van der Waals surface area (Å²) in [4.78, 5) is 4.83. The molecule has 2 nitrogen and oxygen atoms in total. The van der Waals surface area contributed by atoms with Gasteiger partial charge in [0.1, 0.15) is 5.65 Å². The van der Waals surface area contributed by atoms with Crippen LogP contribution in [0.15, 0.2) is 170 Å². The lowest BCUT2D eigenvalue weighted by atomic mass is 9.69. The second-order valence-electron chi connectivity index (χ2n) is 13.1. The van der Waals surface area contributed by atoms with Gasteiger partial charge in [0.15, 0.2) is 0 Å². The number of nitrogens with zero attached hydrogens (tertiary/aromatic N) is 2. The molecular formula is C46H28N2. The van der Waals surface area contributed by atoms with Crippen LogP contribution in [0.1, 0.15) is 22.3 Å². The van der Waals surface area contributed by atoms with Crippen LogP contribution in [0.2, 0.25) is 0 Å². The van der Waals surface area contributed by atoms with E-state index in [2.05, 4.69) is 150 Å². The molecule has 1 spiro atoms. The molecule has 2 aromatic heterocycles. The Kier molecular flexibility index (Phi) is 5.07. The van der Waals surface area contributed by atoms with E-state index in [-0.39, 0.29) is 0 Å². The molecule has 48 heavy (non-hydrogen) atoms. The Bertz CT molecular complexity index is 2700. The SMILES string of the molecule is c1ccc2c(c1)-c1ccccc1C21c2ccc3ccccc3c2-c2ccc3cc(-c4ccc(-c5cn6ccccc6n5)cc4)ccc3c21. The largest absolute Gasteiger partial charge is 0.306 e. The minimum absolute atomic E-state index is 0.390. The van der Waals surface area contributed by atoms with Gasteiger partial charge in [-0.1, -0.05) is 140 Å². The summed E-state index contributed by atoms with van der Waals surface area (Å²) in [5, 5.41) is 5.16. The van der Waals surface area contributed by atoms with Crippen molar-refractivity contribution in [2.75, 3.05) is 0 Å². The summed E-state index contributed by atoms with van der Waals surface area (Å²) in [6.45, 7) is 0. The zero-order valence-corrected chi connectivity index (χ0v) is 26.1. The van der Waals surface area contributed by atoms with Gasteiger partial charge in [0.05, 0.1) is 11.1 Å². The van der Waals surface area contributed by atoms with Gasteiger partial charge in [0.25, 0.3) is 0 Å². The molecule has 0 fully saturated rings. The minimum Gasteiger partial charge on any atom is -0.306 e. The molecule has 0 saturated heterocycles. The van der Waals surface area contributed by atoms with Gasteiger partial charge < -0.3 is 4.40 Å². The maximum Gasteiger partial charge on any atom is 0.137 e. The van der Waals surface area contributed by atoms with E-state index in [9.17, 15) is 0 Å². The molecule has 7 aromatic carbocycles. The predicted molar refractivity (Wildman–Crippen MR) is 197 cm³/mol. The van der Waals surface area contributed by atoms with E-state index < -0.39 is 5.41 Å². The molecule has 11 rings (SSSR count). The lowest BCUT2D eigenvalue weighted by Crippen LogP contribution is -2.26. The third kappa shape index (κ3) is 3.29. The number of rotatable bonds is 2. The van der Waals surface area contributed by atoms with Crippen molar-refractivity contribution in [3.8, 4) is 44.6 Å². The monoisotopic (exact) mass is 608 g/mol. The quantitative estimate of drug-likeness (QED) is 0.191. The van der Waals surface area contributed by atoms with E-state index in [1.165, 1.54) is 77.2 Å². The molecule has 0 bridgehead atoms. The Labute approximate surface area is 278 Å². The number of benzene rings is 7. The van der Waals surface area contributed by atoms with Crippen LogP contribution in [0.25, 0.3) is 71.8 Å². The lowest BCUT2D eigenvalue weighted by Gasteiger charge is -2.31. The van der Waals surface area contributed by atoms with Crippen molar-refractivity contribution >= 4 is 27.2 Å². The zero-order valence-electron chi connectivity index (χ0n) is 26.1. The number of fused-ring (bicyclic) bond motifs is 15. The van der Waals surface area contributed by atoms with E-state index in [4.69, 9.17) is 4.98 Å². The van der Waals surface area contributed by atoms with E-state index in [0.717, 1.165) is 16.9 Å². The number of imidazole rings is 1. The topological polar surface area (TPSA) is 17.3 Å². The molecule has 2 aliphatic carbocycles. The number of hydrogen-bond donors (Lipinski definition) is 0. The highest BCUT2D eigenvalue weighted by molar-refractivity contribution is 6.11. The van der Waals surface area contributed by atoms with Gasteiger partial charge in [-0.15, -0.1) is 0 Å². The molecular weight excluding hydrogens is 581 g/mol.